The Kier molecular flexibility index (Phi) is 3.44. The van der Waals surface area contributed by atoms with E-state index in [9.17, 15) is 0 Å². The van der Waals surface area contributed by atoms with Crippen molar-refractivity contribution in [3.8, 4) is 0 Å². The second-order valence-corrected chi connectivity index (χ2v) is 3.95. The van der Waals surface area contributed by atoms with E-state index in [1.165, 1.54) is 0 Å². The van der Waals surface area contributed by atoms with Crippen molar-refractivity contribution < 1.29 is 0 Å². The second kappa shape index (κ2) is 4.15. The lowest BCUT2D eigenvalue weighted by Gasteiger charge is -1.96. The highest BCUT2D eigenvalue weighted by atomic mass is 79.9. The fourth-order valence-electron chi connectivity index (χ4n) is 0.694. The molecule has 0 amide bonds. The first-order chi connectivity index (χ1) is 5.22. The van der Waals surface area contributed by atoms with Gasteiger partial charge in [0.2, 0.25) is 0 Å². The van der Waals surface area contributed by atoms with Gasteiger partial charge in [0.25, 0.3) is 0 Å². The Morgan fingerprint density at radius 1 is 1.09 bits per heavy atom. The minimum atomic E-state index is 0.436. The zero-order valence-electron chi connectivity index (χ0n) is 5.52. The summed E-state index contributed by atoms with van der Waals surface area (Å²) in [5.41, 5.74) is 0.913. The summed E-state index contributed by atoms with van der Waals surface area (Å²) >= 11 is 14.6. The van der Waals surface area contributed by atoms with Gasteiger partial charge in [-0.2, -0.15) is 0 Å². The van der Waals surface area contributed by atoms with E-state index < -0.39 is 0 Å². The Morgan fingerprint density at radius 2 is 1.64 bits per heavy atom. The molecule has 0 aromatic heterocycles. The van der Waals surface area contributed by atoms with Crippen LogP contribution in [0.5, 0.6) is 0 Å². The van der Waals surface area contributed by atoms with Crippen LogP contribution >= 0.6 is 39.1 Å². The molecule has 58 valence electrons. The van der Waals surface area contributed by atoms with E-state index in [0.717, 1.165) is 5.56 Å². The maximum Gasteiger partial charge on any atom is 0.103 e. The van der Waals surface area contributed by atoms with Crippen molar-refractivity contribution in [3.63, 3.8) is 0 Å². The van der Waals surface area contributed by atoms with Crippen LogP contribution in [0.2, 0.25) is 0 Å². The molecule has 1 rings (SSSR count). The third-order valence-corrected chi connectivity index (χ3v) is 2.51. The fraction of sp³-hybridized carbons (Fsp3) is 0. The lowest BCUT2D eigenvalue weighted by molar-refractivity contribution is 1.65. The molecular formula is C8H5BrCl2. The monoisotopic (exact) mass is 250 g/mol. The molecule has 11 heavy (non-hydrogen) atoms. The SMILES string of the molecule is ClC(Br)=C(Cl)c1ccccc1. The molecule has 1 aromatic rings. The van der Waals surface area contributed by atoms with Crippen molar-refractivity contribution in [3.05, 3.63) is 39.8 Å². The molecule has 0 aliphatic carbocycles. The lowest BCUT2D eigenvalue weighted by atomic mass is 10.2. The number of halogens is 3. The van der Waals surface area contributed by atoms with E-state index in [-0.39, 0.29) is 0 Å². The Balaban J connectivity index is 3.04. The van der Waals surface area contributed by atoms with Crippen LogP contribution in [-0.4, -0.2) is 0 Å². The molecule has 3 heteroatoms. The molecule has 0 fully saturated rings. The maximum absolute atomic E-state index is 5.84. The van der Waals surface area contributed by atoms with Crippen molar-refractivity contribution >= 4 is 44.2 Å². The molecule has 0 bridgehead atoms. The molecule has 0 heterocycles. The molecule has 0 N–H and O–H groups in total. The van der Waals surface area contributed by atoms with Gasteiger partial charge >= 0.3 is 0 Å². The van der Waals surface area contributed by atoms with Gasteiger partial charge in [0, 0.05) is 0 Å². The van der Waals surface area contributed by atoms with E-state index in [1.54, 1.807) is 0 Å². The summed E-state index contributed by atoms with van der Waals surface area (Å²) < 4.78 is 0.436. The highest BCUT2D eigenvalue weighted by Gasteiger charge is 1.99. The van der Waals surface area contributed by atoms with Crippen LogP contribution in [0.4, 0.5) is 0 Å². The van der Waals surface area contributed by atoms with Crippen LogP contribution in [0.25, 0.3) is 5.03 Å². The molecule has 0 spiro atoms. The van der Waals surface area contributed by atoms with Crippen LogP contribution in [0.15, 0.2) is 34.3 Å². The predicted octanol–water partition coefficient (Wildman–Crippen LogP) is 4.19. The smallest absolute Gasteiger partial charge is 0.0815 e. The van der Waals surface area contributed by atoms with Gasteiger partial charge in [0.15, 0.2) is 0 Å². The largest absolute Gasteiger partial charge is 0.103 e. The molecular weight excluding hydrogens is 247 g/mol. The molecule has 0 saturated carbocycles. The molecule has 0 atom stereocenters. The highest BCUT2D eigenvalue weighted by molar-refractivity contribution is 9.12. The van der Waals surface area contributed by atoms with Crippen molar-refractivity contribution in [1.29, 1.82) is 0 Å². The molecule has 0 saturated heterocycles. The van der Waals surface area contributed by atoms with E-state index in [4.69, 9.17) is 23.2 Å². The Bertz CT molecular complexity index is 263. The first-order valence-corrected chi connectivity index (χ1v) is 4.53. The standard InChI is InChI=1S/C8H5BrCl2/c9-8(11)7(10)6-4-2-1-3-5-6/h1-5H. The third kappa shape index (κ3) is 2.51. The zero-order chi connectivity index (χ0) is 8.27. The molecule has 0 radical (unpaired) electrons. The van der Waals surface area contributed by atoms with Crippen LogP contribution in [0, 0.1) is 0 Å². The topological polar surface area (TPSA) is 0 Å². The molecule has 0 unspecified atom stereocenters. The zero-order valence-corrected chi connectivity index (χ0v) is 8.62. The van der Waals surface area contributed by atoms with E-state index in [2.05, 4.69) is 15.9 Å². The van der Waals surface area contributed by atoms with Crippen molar-refractivity contribution in [2.75, 3.05) is 0 Å². The van der Waals surface area contributed by atoms with Gasteiger partial charge in [-0.3, -0.25) is 0 Å². The third-order valence-electron chi connectivity index (χ3n) is 1.19. The highest BCUT2D eigenvalue weighted by Crippen LogP contribution is 2.28. The maximum atomic E-state index is 5.84. The summed E-state index contributed by atoms with van der Waals surface area (Å²) in [7, 11) is 0. The van der Waals surface area contributed by atoms with Gasteiger partial charge < -0.3 is 0 Å². The van der Waals surface area contributed by atoms with Crippen molar-refractivity contribution in [2.24, 2.45) is 0 Å². The minimum absolute atomic E-state index is 0.436. The van der Waals surface area contributed by atoms with E-state index in [0.29, 0.717) is 8.97 Å². The normalized spacial score (nSPS) is 12.6. The summed E-state index contributed by atoms with van der Waals surface area (Å²) in [5, 5.41) is 0.535. The van der Waals surface area contributed by atoms with Crippen molar-refractivity contribution in [1.82, 2.24) is 0 Å². The van der Waals surface area contributed by atoms with Crippen molar-refractivity contribution in [2.45, 2.75) is 0 Å². The second-order valence-electron chi connectivity index (χ2n) is 1.94. The molecule has 0 aliphatic heterocycles. The Labute approximate surface area is 83.9 Å². The summed E-state index contributed by atoms with van der Waals surface area (Å²) in [6.45, 7) is 0. The Hall–Kier alpha value is 0.0200. The number of benzene rings is 1. The number of hydrogen-bond acceptors (Lipinski definition) is 0. The van der Waals surface area contributed by atoms with Gasteiger partial charge in [-0.1, -0.05) is 53.5 Å². The average molecular weight is 252 g/mol. The molecule has 0 aliphatic rings. The number of hydrogen-bond donors (Lipinski definition) is 0. The first-order valence-electron chi connectivity index (χ1n) is 2.98. The van der Waals surface area contributed by atoms with Crippen LogP contribution < -0.4 is 0 Å². The van der Waals surface area contributed by atoms with Gasteiger partial charge in [0.05, 0.1) is 5.03 Å². The molecule has 0 nitrogen and oxygen atoms in total. The van der Waals surface area contributed by atoms with Gasteiger partial charge in [-0.05, 0) is 21.5 Å². The van der Waals surface area contributed by atoms with E-state index >= 15 is 0 Å². The van der Waals surface area contributed by atoms with Gasteiger partial charge in [0.1, 0.15) is 3.94 Å². The average Bonchev–Trinajstić information content (AvgIpc) is 2.05. The van der Waals surface area contributed by atoms with Gasteiger partial charge in [-0.25, -0.2) is 0 Å². The van der Waals surface area contributed by atoms with Gasteiger partial charge in [-0.15, -0.1) is 0 Å². The van der Waals surface area contributed by atoms with Crippen LogP contribution in [-0.2, 0) is 0 Å². The first kappa shape index (κ1) is 9.11. The predicted molar refractivity (Wildman–Crippen MR) is 54.0 cm³/mol. The fourth-order valence-corrected chi connectivity index (χ4v) is 1.16. The summed E-state index contributed by atoms with van der Waals surface area (Å²) in [6.07, 6.45) is 0. The summed E-state index contributed by atoms with van der Waals surface area (Å²) in [5.74, 6) is 0. The summed E-state index contributed by atoms with van der Waals surface area (Å²) in [4.78, 5) is 0. The van der Waals surface area contributed by atoms with Crippen LogP contribution in [0.1, 0.15) is 5.56 Å². The van der Waals surface area contributed by atoms with Crippen LogP contribution in [0.3, 0.4) is 0 Å². The Morgan fingerprint density at radius 3 is 2.09 bits per heavy atom. The minimum Gasteiger partial charge on any atom is -0.0815 e. The quantitative estimate of drug-likeness (QED) is 0.703. The summed E-state index contributed by atoms with van der Waals surface area (Å²) in [6, 6.07) is 9.53. The lowest BCUT2D eigenvalue weighted by Crippen LogP contribution is -1.74. The molecule has 1 aromatic carbocycles. The van der Waals surface area contributed by atoms with E-state index in [1.807, 2.05) is 30.3 Å². The number of rotatable bonds is 1.